The van der Waals surface area contributed by atoms with Crippen LogP contribution in [0.4, 0.5) is 4.39 Å². The lowest BCUT2D eigenvalue weighted by Crippen LogP contribution is -2.30. The van der Waals surface area contributed by atoms with Gasteiger partial charge in [-0.15, -0.1) is 0 Å². The van der Waals surface area contributed by atoms with Gasteiger partial charge < -0.3 is 15.2 Å². The molecule has 2 rings (SSSR count). The summed E-state index contributed by atoms with van der Waals surface area (Å²) in [4.78, 5) is 23.2. The molecule has 0 heterocycles. The number of amides is 1. The average Bonchev–Trinajstić information content (AvgIpc) is 2.62. The lowest BCUT2D eigenvalue weighted by Gasteiger charge is -2.17. The minimum Gasteiger partial charge on any atom is -0.497 e. The number of carboxylic acid groups (broad SMARTS) is 1. The Kier molecular flexibility index (Phi) is 7.14. The Hall–Kier alpha value is -2.89. The number of hydrogen-bond donors (Lipinski definition) is 2. The van der Waals surface area contributed by atoms with Crippen LogP contribution in [0.2, 0.25) is 0 Å². The quantitative estimate of drug-likeness (QED) is 0.719. The fourth-order valence-electron chi connectivity index (χ4n) is 2.63. The Morgan fingerprint density at radius 3 is 2.35 bits per heavy atom. The molecule has 6 heteroatoms. The van der Waals surface area contributed by atoms with Gasteiger partial charge in [0.1, 0.15) is 11.6 Å². The summed E-state index contributed by atoms with van der Waals surface area (Å²) in [6, 6.07) is 12.4. The second kappa shape index (κ2) is 9.56. The first-order chi connectivity index (χ1) is 12.5. The molecule has 2 N–H and O–H groups in total. The second-order valence-electron chi connectivity index (χ2n) is 5.97. The van der Waals surface area contributed by atoms with E-state index in [0.29, 0.717) is 12.0 Å². The van der Waals surface area contributed by atoms with E-state index in [9.17, 15) is 14.0 Å². The molecule has 0 spiro atoms. The lowest BCUT2D eigenvalue weighted by atomic mass is 10.0. The molecule has 0 radical (unpaired) electrons. The Morgan fingerprint density at radius 2 is 1.77 bits per heavy atom. The summed E-state index contributed by atoms with van der Waals surface area (Å²) in [6.07, 6.45) is 1.40. The van der Waals surface area contributed by atoms with Gasteiger partial charge in [0.25, 0.3) is 0 Å². The van der Waals surface area contributed by atoms with Crippen molar-refractivity contribution in [2.45, 2.75) is 31.7 Å². The molecule has 0 aromatic heterocycles. The summed E-state index contributed by atoms with van der Waals surface area (Å²) in [7, 11) is 1.61. The number of aryl methyl sites for hydroxylation is 1. The predicted octanol–water partition coefficient (Wildman–Crippen LogP) is 3.49. The van der Waals surface area contributed by atoms with Crippen molar-refractivity contribution in [1.82, 2.24) is 5.32 Å². The molecule has 0 saturated heterocycles. The van der Waals surface area contributed by atoms with E-state index < -0.39 is 17.8 Å². The number of halogens is 1. The van der Waals surface area contributed by atoms with Crippen LogP contribution >= 0.6 is 0 Å². The van der Waals surface area contributed by atoms with Crippen LogP contribution in [0.25, 0.3) is 0 Å². The van der Waals surface area contributed by atoms with Gasteiger partial charge in [-0.25, -0.2) is 4.39 Å². The standard InChI is InChI=1S/C20H22FNO4/c1-26-17-11-5-14(6-12-17)3-2-4-19(23)22-18(13-20(24)25)15-7-9-16(21)10-8-15/h5-12,18H,2-4,13H2,1H3,(H,22,23)(H,24,25). The summed E-state index contributed by atoms with van der Waals surface area (Å²) in [5.41, 5.74) is 1.66. The summed E-state index contributed by atoms with van der Waals surface area (Å²) in [5, 5.41) is 11.8. The third kappa shape index (κ3) is 6.20. The largest absolute Gasteiger partial charge is 0.497 e. The number of nitrogens with one attached hydrogen (secondary N) is 1. The highest BCUT2D eigenvalue weighted by Gasteiger charge is 2.18. The van der Waals surface area contributed by atoms with Crippen molar-refractivity contribution in [3.8, 4) is 5.75 Å². The van der Waals surface area contributed by atoms with Crippen molar-refractivity contribution in [3.05, 3.63) is 65.5 Å². The highest BCUT2D eigenvalue weighted by Crippen LogP contribution is 2.18. The average molecular weight is 359 g/mol. The lowest BCUT2D eigenvalue weighted by molar-refractivity contribution is -0.137. The molecule has 2 aromatic rings. The fourth-order valence-corrected chi connectivity index (χ4v) is 2.63. The Balaban J connectivity index is 1.87. The van der Waals surface area contributed by atoms with Gasteiger partial charge in [-0.3, -0.25) is 9.59 Å². The number of ether oxygens (including phenoxy) is 1. The highest BCUT2D eigenvalue weighted by molar-refractivity contribution is 5.77. The zero-order chi connectivity index (χ0) is 18.9. The first-order valence-electron chi connectivity index (χ1n) is 8.37. The van der Waals surface area contributed by atoms with Crippen molar-refractivity contribution in [3.63, 3.8) is 0 Å². The SMILES string of the molecule is COc1ccc(CCCC(=O)NC(CC(=O)O)c2ccc(F)cc2)cc1. The second-order valence-corrected chi connectivity index (χ2v) is 5.97. The van der Waals surface area contributed by atoms with Gasteiger partial charge in [0, 0.05) is 6.42 Å². The molecule has 0 bridgehead atoms. The topological polar surface area (TPSA) is 75.6 Å². The summed E-state index contributed by atoms with van der Waals surface area (Å²) < 4.78 is 18.1. The zero-order valence-electron chi connectivity index (χ0n) is 14.6. The minimum absolute atomic E-state index is 0.228. The summed E-state index contributed by atoms with van der Waals surface area (Å²) >= 11 is 0. The van der Waals surface area contributed by atoms with Crippen molar-refractivity contribution in [1.29, 1.82) is 0 Å². The molecule has 2 aromatic carbocycles. The van der Waals surface area contributed by atoms with Gasteiger partial charge in [-0.2, -0.15) is 0 Å². The van der Waals surface area contributed by atoms with E-state index in [1.807, 2.05) is 24.3 Å². The zero-order valence-corrected chi connectivity index (χ0v) is 14.6. The Morgan fingerprint density at radius 1 is 1.12 bits per heavy atom. The molecule has 0 aliphatic carbocycles. The molecule has 1 atom stereocenters. The van der Waals surface area contributed by atoms with Gasteiger partial charge >= 0.3 is 5.97 Å². The van der Waals surface area contributed by atoms with Gasteiger partial charge in [0.2, 0.25) is 5.91 Å². The maximum atomic E-state index is 13.0. The van der Waals surface area contributed by atoms with E-state index >= 15 is 0 Å². The molecule has 1 unspecified atom stereocenters. The maximum absolute atomic E-state index is 13.0. The highest BCUT2D eigenvalue weighted by atomic mass is 19.1. The van der Waals surface area contributed by atoms with Crippen LogP contribution in [0.1, 0.15) is 36.4 Å². The minimum atomic E-state index is -1.03. The predicted molar refractivity (Wildman–Crippen MR) is 95.5 cm³/mol. The number of rotatable bonds is 9. The number of benzene rings is 2. The van der Waals surface area contributed by atoms with E-state index in [1.54, 1.807) is 7.11 Å². The Labute approximate surface area is 151 Å². The van der Waals surface area contributed by atoms with Crippen molar-refractivity contribution in [2.75, 3.05) is 7.11 Å². The molecular formula is C20H22FNO4. The molecule has 5 nitrogen and oxygen atoms in total. The van der Waals surface area contributed by atoms with Crippen LogP contribution in [0.5, 0.6) is 5.75 Å². The molecule has 0 aliphatic heterocycles. The number of methoxy groups -OCH3 is 1. The number of carbonyl (C=O) groups is 2. The molecule has 0 fully saturated rings. The number of hydrogen-bond acceptors (Lipinski definition) is 3. The summed E-state index contributed by atoms with van der Waals surface area (Å²) in [6.45, 7) is 0. The number of aliphatic carboxylic acids is 1. The molecule has 26 heavy (non-hydrogen) atoms. The monoisotopic (exact) mass is 359 g/mol. The van der Waals surface area contributed by atoms with Crippen LogP contribution in [0.15, 0.2) is 48.5 Å². The molecular weight excluding hydrogens is 337 g/mol. The Bertz CT molecular complexity index is 728. The summed E-state index contributed by atoms with van der Waals surface area (Å²) in [5.74, 6) is -0.886. The van der Waals surface area contributed by atoms with Crippen LogP contribution in [0, 0.1) is 5.82 Å². The van der Waals surface area contributed by atoms with Crippen LogP contribution in [-0.4, -0.2) is 24.1 Å². The molecule has 138 valence electrons. The van der Waals surface area contributed by atoms with Crippen LogP contribution in [-0.2, 0) is 16.0 Å². The number of carboxylic acids is 1. The first-order valence-corrected chi connectivity index (χ1v) is 8.37. The van der Waals surface area contributed by atoms with E-state index in [4.69, 9.17) is 9.84 Å². The van der Waals surface area contributed by atoms with Crippen LogP contribution in [0.3, 0.4) is 0 Å². The van der Waals surface area contributed by atoms with Crippen molar-refractivity contribution >= 4 is 11.9 Å². The van der Waals surface area contributed by atoms with Crippen LogP contribution < -0.4 is 10.1 Å². The molecule has 0 aliphatic rings. The van der Waals surface area contributed by atoms with Crippen molar-refractivity contribution < 1.29 is 23.8 Å². The molecule has 0 saturated carbocycles. The molecule has 1 amide bonds. The van der Waals surface area contributed by atoms with Crippen molar-refractivity contribution in [2.24, 2.45) is 0 Å². The van der Waals surface area contributed by atoms with E-state index in [-0.39, 0.29) is 18.7 Å². The van der Waals surface area contributed by atoms with Gasteiger partial charge in [0.05, 0.1) is 19.6 Å². The third-order valence-corrected chi connectivity index (χ3v) is 4.01. The first kappa shape index (κ1) is 19.4. The van der Waals surface area contributed by atoms with E-state index in [1.165, 1.54) is 24.3 Å². The smallest absolute Gasteiger partial charge is 0.305 e. The number of carbonyl (C=O) groups excluding carboxylic acids is 1. The van der Waals surface area contributed by atoms with Gasteiger partial charge in [0.15, 0.2) is 0 Å². The van der Waals surface area contributed by atoms with Gasteiger partial charge in [-0.1, -0.05) is 24.3 Å². The van der Waals surface area contributed by atoms with E-state index in [0.717, 1.165) is 17.7 Å². The third-order valence-electron chi connectivity index (χ3n) is 4.01. The van der Waals surface area contributed by atoms with E-state index in [2.05, 4.69) is 5.32 Å². The fraction of sp³-hybridized carbons (Fsp3) is 0.300. The maximum Gasteiger partial charge on any atom is 0.305 e. The normalized spacial score (nSPS) is 11.6. The van der Waals surface area contributed by atoms with Gasteiger partial charge in [-0.05, 0) is 48.2 Å².